The number of amides is 1. The Morgan fingerprint density at radius 1 is 1.22 bits per heavy atom. The minimum Gasteiger partial charge on any atom is -0.497 e. The largest absolute Gasteiger partial charge is 0.497 e. The van der Waals surface area contributed by atoms with Crippen LogP contribution in [0.3, 0.4) is 0 Å². The Morgan fingerprint density at radius 2 is 1.96 bits per heavy atom. The van der Waals surface area contributed by atoms with E-state index in [1.807, 2.05) is 24.3 Å². The van der Waals surface area contributed by atoms with Crippen molar-refractivity contribution in [1.82, 2.24) is 10.3 Å². The second-order valence-corrected chi connectivity index (χ2v) is 4.97. The van der Waals surface area contributed by atoms with Crippen molar-refractivity contribution in [3.63, 3.8) is 0 Å². The van der Waals surface area contributed by atoms with Gasteiger partial charge in [-0.2, -0.15) is 0 Å². The fourth-order valence-electron chi connectivity index (χ4n) is 2.04. The SMILES string of the molecule is COc1ccc(CCC(=O)NCc2cc(C(=O)O)ccn2)cc1. The predicted octanol–water partition coefficient (Wildman–Crippen LogP) is 2.04. The van der Waals surface area contributed by atoms with Gasteiger partial charge in [0.2, 0.25) is 5.91 Å². The van der Waals surface area contributed by atoms with E-state index in [1.165, 1.54) is 18.3 Å². The van der Waals surface area contributed by atoms with Crippen molar-refractivity contribution >= 4 is 11.9 Å². The number of nitrogens with one attached hydrogen (secondary N) is 1. The van der Waals surface area contributed by atoms with Crippen LogP contribution < -0.4 is 10.1 Å². The number of carbonyl (C=O) groups is 2. The molecule has 2 rings (SSSR count). The number of aryl methyl sites for hydroxylation is 1. The molecule has 2 aromatic rings. The van der Waals surface area contributed by atoms with Crippen molar-refractivity contribution in [2.45, 2.75) is 19.4 Å². The van der Waals surface area contributed by atoms with Crippen molar-refractivity contribution in [3.05, 3.63) is 59.4 Å². The van der Waals surface area contributed by atoms with Gasteiger partial charge in [-0.3, -0.25) is 9.78 Å². The number of carboxylic acids is 1. The van der Waals surface area contributed by atoms with Crippen LogP contribution in [0.1, 0.15) is 28.0 Å². The second-order valence-electron chi connectivity index (χ2n) is 4.97. The standard InChI is InChI=1S/C17H18N2O4/c1-23-15-5-2-12(3-6-15)4-7-16(20)19-11-14-10-13(17(21)22)8-9-18-14/h2-3,5-6,8-10H,4,7,11H2,1H3,(H,19,20)(H,21,22). The number of benzene rings is 1. The summed E-state index contributed by atoms with van der Waals surface area (Å²) >= 11 is 0. The lowest BCUT2D eigenvalue weighted by Crippen LogP contribution is -2.23. The zero-order valence-electron chi connectivity index (χ0n) is 12.8. The van der Waals surface area contributed by atoms with E-state index >= 15 is 0 Å². The maximum Gasteiger partial charge on any atom is 0.335 e. The second kappa shape index (κ2) is 7.93. The number of pyridine rings is 1. The fraction of sp³-hybridized carbons (Fsp3) is 0.235. The van der Waals surface area contributed by atoms with Crippen molar-refractivity contribution in [3.8, 4) is 5.75 Å². The zero-order chi connectivity index (χ0) is 16.7. The van der Waals surface area contributed by atoms with Crippen LogP contribution in [0.15, 0.2) is 42.6 Å². The van der Waals surface area contributed by atoms with Gasteiger partial charge in [-0.15, -0.1) is 0 Å². The lowest BCUT2D eigenvalue weighted by atomic mass is 10.1. The molecule has 23 heavy (non-hydrogen) atoms. The lowest BCUT2D eigenvalue weighted by Gasteiger charge is -2.06. The van der Waals surface area contributed by atoms with E-state index < -0.39 is 5.97 Å². The van der Waals surface area contributed by atoms with Crippen molar-refractivity contribution in [2.75, 3.05) is 7.11 Å². The number of rotatable bonds is 7. The van der Waals surface area contributed by atoms with E-state index in [9.17, 15) is 9.59 Å². The molecule has 0 saturated carbocycles. The van der Waals surface area contributed by atoms with Crippen LogP contribution in [-0.2, 0) is 17.8 Å². The minimum atomic E-state index is -1.01. The first-order valence-corrected chi connectivity index (χ1v) is 7.16. The first-order chi connectivity index (χ1) is 11.1. The van der Waals surface area contributed by atoms with Gasteiger partial charge in [-0.25, -0.2) is 4.79 Å². The minimum absolute atomic E-state index is 0.108. The van der Waals surface area contributed by atoms with Gasteiger partial charge in [0.15, 0.2) is 0 Å². The number of methoxy groups -OCH3 is 1. The molecule has 0 spiro atoms. The number of nitrogens with zero attached hydrogens (tertiary/aromatic N) is 1. The van der Waals surface area contributed by atoms with Gasteiger partial charge in [0.05, 0.1) is 24.9 Å². The Labute approximate surface area is 134 Å². The molecule has 0 fully saturated rings. The summed E-state index contributed by atoms with van der Waals surface area (Å²) in [5, 5.41) is 11.6. The molecule has 0 bridgehead atoms. The van der Waals surface area contributed by atoms with Crippen molar-refractivity contribution in [1.29, 1.82) is 0 Å². The van der Waals surface area contributed by atoms with Crippen LogP contribution in [0.4, 0.5) is 0 Å². The summed E-state index contributed by atoms with van der Waals surface area (Å²) in [6, 6.07) is 10.4. The first kappa shape index (κ1) is 16.5. The van der Waals surface area contributed by atoms with Crippen LogP contribution in [-0.4, -0.2) is 29.1 Å². The number of ether oxygens (including phenoxy) is 1. The number of carbonyl (C=O) groups excluding carboxylic acids is 1. The maximum atomic E-state index is 11.9. The highest BCUT2D eigenvalue weighted by Crippen LogP contribution is 2.12. The topological polar surface area (TPSA) is 88.5 Å². The summed E-state index contributed by atoms with van der Waals surface area (Å²) < 4.78 is 5.08. The molecule has 0 aliphatic rings. The normalized spacial score (nSPS) is 10.1. The molecule has 0 aliphatic carbocycles. The number of aromatic nitrogens is 1. The maximum absolute atomic E-state index is 11.9. The van der Waals surface area contributed by atoms with Gasteiger partial charge >= 0.3 is 5.97 Å². The predicted molar refractivity (Wildman–Crippen MR) is 84.4 cm³/mol. The summed E-state index contributed by atoms with van der Waals surface area (Å²) in [5.74, 6) is -0.342. The Kier molecular flexibility index (Phi) is 5.68. The highest BCUT2D eigenvalue weighted by Gasteiger charge is 2.06. The Morgan fingerprint density at radius 3 is 2.61 bits per heavy atom. The molecule has 0 unspecified atom stereocenters. The fourth-order valence-corrected chi connectivity index (χ4v) is 2.04. The molecule has 0 aliphatic heterocycles. The molecule has 1 amide bonds. The van der Waals surface area contributed by atoms with Gasteiger partial charge in [-0.1, -0.05) is 12.1 Å². The highest BCUT2D eigenvalue weighted by molar-refractivity contribution is 5.87. The first-order valence-electron chi connectivity index (χ1n) is 7.16. The van der Waals surface area contributed by atoms with Crippen LogP contribution in [0.25, 0.3) is 0 Å². The molecule has 1 aromatic carbocycles. The number of hydrogen-bond acceptors (Lipinski definition) is 4. The van der Waals surface area contributed by atoms with Gasteiger partial charge in [-0.05, 0) is 36.2 Å². The van der Waals surface area contributed by atoms with Crippen LogP contribution in [0, 0.1) is 0 Å². The molecule has 120 valence electrons. The number of carboxylic acid groups (broad SMARTS) is 1. The van der Waals surface area contributed by atoms with Crippen LogP contribution >= 0.6 is 0 Å². The summed E-state index contributed by atoms with van der Waals surface area (Å²) in [5.41, 5.74) is 1.72. The smallest absolute Gasteiger partial charge is 0.335 e. The molecule has 0 radical (unpaired) electrons. The Hall–Kier alpha value is -2.89. The zero-order valence-corrected chi connectivity index (χ0v) is 12.8. The molecular weight excluding hydrogens is 296 g/mol. The third kappa shape index (κ3) is 5.10. The van der Waals surface area contributed by atoms with Crippen molar-refractivity contribution in [2.24, 2.45) is 0 Å². The van der Waals surface area contributed by atoms with Gasteiger partial charge < -0.3 is 15.2 Å². The van der Waals surface area contributed by atoms with Gasteiger partial charge in [0.25, 0.3) is 0 Å². The summed E-state index contributed by atoms with van der Waals surface area (Å²) in [7, 11) is 1.61. The lowest BCUT2D eigenvalue weighted by molar-refractivity contribution is -0.121. The van der Waals surface area contributed by atoms with E-state index in [-0.39, 0.29) is 18.0 Å². The Balaban J connectivity index is 1.80. The molecule has 0 atom stereocenters. The van der Waals surface area contributed by atoms with Crippen molar-refractivity contribution < 1.29 is 19.4 Å². The van der Waals surface area contributed by atoms with Gasteiger partial charge in [0.1, 0.15) is 5.75 Å². The number of hydrogen-bond donors (Lipinski definition) is 2. The molecule has 1 aromatic heterocycles. The third-order valence-corrected chi connectivity index (χ3v) is 3.33. The highest BCUT2D eigenvalue weighted by atomic mass is 16.5. The van der Waals surface area contributed by atoms with E-state index in [2.05, 4.69) is 10.3 Å². The average molecular weight is 314 g/mol. The number of aromatic carboxylic acids is 1. The monoisotopic (exact) mass is 314 g/mol. The van der Waals surface area contributed by atoms with Crippen LogP contribution in [0.2, 0.25) is 0 Å². The van der Waals surface area contributed by atoms with E-state index in [0.29, 0.717) is 18.5 Å². The molecule has 0 saturated heterocycles. The Bertz CT molecular complexity index is 683. The van der Waals surface area contributed by atoms with E-state index in [0.717, 1.165) is 11.3 Å². The summed E-state index contributed by atoms with van der Waals surface area (Å²) in [4.78, 5) is 26.8. The van der Waals surface area contributed by atoms with E-state index in [4.69, 9.17) is 9.84 Å². The van der Waals surface area contributed by atoms with Crippen LogP contribution in [0.5, 0.6) is 5.75 Å². The van der Waals surface area contributed by atoms with E-state index in [1.54, 1.807) is 7.11 Å². The molecule has 6 heteroatoms. The summed E-state index contributed by atoms with van der Waals surface area (Å²) in [6.45, 7) is 0.211. The molecular formula is C17H18N2O4. The molecule has 2 N–H and O–H groups in total. The molecule has 1 heterocycles. The average Bonchev–Trinajstić information content (AvgIpc) is 2.58. The summed E-state index contributed by atoms with van der Waals surface area (Å²) in [6.07, 6.45) is 2.39. The molecule has 6 nitrogen and oxygen atoms in total. The third-order valence-electron chi connectivity index (χ3n) is 3.33. The van der Waals surface area contributed by atoms with Gasteiger partial charge in [0, 0.05) is 12.6 Å². The quantitative estimate of drug-likeness (QED) is 0.816.